The van der Waals surface area contributed by atoms with Crippen LogP contribution >= 0.6 is 0 Å². The molecule has 0 bridgehead atoms. The van der Waals surface area contributed by atoms with Crippen molar-refractivity contribution >= 4 is 77.0 Å². The Morgan fingerprint density at radius 1 is 0.562 bits per heavy atom. The number of carbonyl (C=O) groups excluding carboxylic acids is 11. The average molecular weight is 1240 g/mol. The van der Waals surface area contributed by atoms with Crippen molar-refractivity contribution in [1.82, 2.24) is 52.8 Å². The highest BCUT2D eigenvalue weighted by Gasteiger charge is 2.61. The molecule has 0 spiro atoms. The molecule has 1 aliphatic heterocycles. The van der Waals surface area contributed by atoms with Crippen molar-refractivity contribution in [2.45, 2.75) is 147 Å². The number of hydrogen-bond acceptors (Lipinski definition) is 16. The zero-order chi connectivity index (χ0) is 65.8. The average Bonchev–Trinajstić information content (AvgIpc) is 1.63. The van der Waals surface area contributed by atoms with Gasteiger partial charge in [-0.15, -0.1) is 0 Å². The lowest BCUT2D eigenvalue weighted by atomic mass is 10.00. The van der Waals surface area contributed by atoms with Gasteiger partial charge >= 0.3 is 17.9 Å². The van der Waals surface area contributed by atoms with Crippen molar-refractivity contribution in [2.24, 2.45) is 29.4 Å². The van der Waals surface area contributed by atoms with Crippen LogP contribution in [-0.4, -0.2) is 184 Å². The molecule has 3 aromatic carbocycles. The largest absolute Gasteiger partial charge is 0.481 e. The number of nitrogens with one attached hydrogen (secondary N) is 9. The summed E-state index contributed by atoms with van der Waals surface area (Å²) < 4.78 is 4.89. The Kier molecular flexibility index (Phi) is 26.2. The van der Waals surface area contributed by atoms with Crippen LogP contribution in [0.25, 0.3) is 0 Å². The third-order valence-corrected chi connectivity index (χ3v) is 15.1. The topological polar surface area (TPSA) is 429 Å². The van der Waals surface area contributed by atoms with Gasteiger partial charge in [0.25, 0.3) is 0 Å². The Labute approximate surface area is 514 Å². The van der Waals surface area contributed by atoms with Gasteiger partial charge in [0, 0.05) is 19.4 Å². The molecule has 28 nitrogen and oxygen atoms in total. The second kappa shape index (κ2) is 33.2. The number of methoxy groups -OCH3 is 1. The fraction of sp³-hybridized carbons (Fsp3) is 0.492. The summed E-state index contributed by atoms with van der Waals surface area (Å²) in [5.41, 5.74) is 8.21. The maximum absolute atomic E-state index is 14.0. The monoisotopic (exact) mass is 1240 g/mol. The number of benzene rings is 3. The minimum Gasteiger partial charge on any atom is -0.481 e. The van der Waals surface area contributed by atoms with Gasteiger partial charge in [0.15, 0.2) is 0 Å². The van der Waals surface area contributed by atoms with Crippen LogP contribution in [0.3, 0.4) is 0 Å². The summed E-state index contributed by atoms with van der Waals surface area (Å²) in [5, 5.41) is 52.5. The molecular weight excluding hydrogens is 1160 g/mol. The van der Waals surface area contributed by atoms with E-state index in [1.54, 1.807) is 98.8 Å². The lowest BCUT2D eigenvalue weighted by Crippen LogP contribution is -2.62. The van der Waals surface area contributed by atoms with E-state index in [9.17, 15) is 77.6 Å². The lowest BCUT2D eigenvalue weighted by molar-refractivity contribution is -0.144. The number of esters is 1. The van der Waals surface area contributed by atoms with E-state index in [1.807, 2.05) is 6.07 Å². The van der Waals surface area contributed by atoms with Crippen LogP contribution in [0.5, 0.6) is 0 Å². The van der Waals surface area contributed by atoms with Crippen LogP contribution < -0.4 is 53.6 Å². The molecule has 3 aromatic rings. The minimum absolute atomic E-state index is 0.0504. The number of aliphatic hydroxyl groups excluding tert-OH is 1. The number of likely N-dealkylation sites (tertiary alicyclic amines) is 1. The van der Waals surface area contributed by atoms with E-state index in [2.05, 4.69) is 47.9 Å². The molecule has 28 heteroatoms. The first kappa shape index (κ1) is 70.5. The van der Waals surface area contributed by atoms with Crippen molar-refractivity contribution < 1.29 is 82.4 Å². The van der Waals surface area contributed by atoms with Crippen molar-refractivity contribution in [3.05, 3.63) is 108 Å². The second-order valence-electron chi connectivity index (χ2n) is 22.8. The van der Waals surface area contributed by atoms with Crippen LogP contribution in [0.1, 0.15) is 77.5 Å². The Morgan fingerprint density at radius 3 is 1.60 bits per heavy atom. The van der Waals surface area contributed by atoms with Gasteiger partial charge in [0.05, 0.1) is 50.1 Å². The first-order chi connectivity index (χ1) is 42.1. The van der Waals surface area contributed by atoms with Gasteiger partial charge in [-0.3, -0.25) is 57.5 Å². The number of rotatable bonds is 32. The number of aliphatic carboxylic acids is 2. The summed E-state index contributed by atoms with van der Waals surface area (Å²) in [4.78, 5) is 175. The maximum Gasteiger partial charge on any atom is 0.326 e. The van der Waals surface area contributed by atoms with E-state index < -0.39 is 180 Å². The van der Waals surface area contributed by atoms with Gasteiger partial charge in [-0.2, -0.15) is 0 Å². The zero-order valence-electron chi connectivity index (χ0n) is 50.6. The standard InChI is InChI=1S/C61H81N11O17/c1-31(2)47(69-54(80)40(29-44(75)76)66-58(84)49(34(6)73)71-55(81)42-24-17-25-72(42)59(85)48(32(3)4)70-52(78)38(62)26-35-18-11-8-12-19-35)57(83)63-30-43(74)68-50-45(46(50)61(88)89-7)56(82)65-39(27-36-20-13-9-14-21-36)53(79)64-33(5)51(77)67-41(60(86)87)28-37-22-15-10-16-23-37/h8-16,18-23,31-34,38-42,45-50,73H,17,24-30,62H2,1-7H3,(H,63,83)(H,64,79)(H,65,82)(H,66,84)(H,67,77)(H,68,74)(H,69,80)(H,70,78)(H,71,81)(H,75,76)(H,86,87)/t33-,34+,38-,39-,40-,41-,42-,45-,46-,47-,48-,49-,50-/m0/s1. The first-order valence-corrected chi connectivity index (χ1v) is 29.2. The highest BCUT2D eigenvalue weighted by Crippen LogP contribution is 2.40. The normalized spacial score (nSPS) is 18.9. The molecule has 482 valence electrons. The number of nitrogens with two attached hydrogens (primary N) is 1. The number of hydrogen-bond donors (Lipinski definition) is 13. The number of carbonyl (C=O) groups is 13. The molecule has 1 aliphatic carbocycles. The molecule has 13 atom stereocenters. The predicted octanol–water partition coefficient (Wildman–Crippen LogP) is -2.28. The van der Waals surface area contributed by atoms with Crippen LogP contribution in [0.2, 0.25) is 0 Å². The number of carboxylic acids is 2. The van der Waals surface area contributed by atoms with Crippen molar-refractivity contribution in [3.63, 3.8) is 0 Å². The summed E-state index contributed by atoms with van der Waals surface area (Å²) >= 11 is 0. The van der Waals surface area contributed by atoms with E-state index >= 15 is 0 Å². The molecule has 2 fully saturated rings. The third kappa shape index (κ3) is 20.7. The summed E-state index contributed by atoms with van der Waals surface area (Å²) in [5.74, 6) is -16.5. The molecular formula is C61H81N11O17. The van der Waals surface area contributed by atoms with E-state index in [4.69, 9.17) is 10.5 Å². The second-order valence-corrected chi connectivity index (χ2v) is 22.8. The quantitative estimate of drug-likeness (QED) is 0.0293. The fourth-order valence-electron chi connectivity index (χ4n) is 10.1. The molecule has 0 aromatic heterocycles. The summed E-state index contributed by atoms with van der Waals surface area (Å²) in [6.07, 6.45) is -2.18. The summed E-state index contributed by atoms with van der Waals surface area (Å²) in [6.45, 7) is 8.17. The van der Waals surface area contributed by atoms with Gasteiger partial charge in [-0.1, -0.05) is 119 Å². The Balaban J connectivity index is 1.19. The molecule has 1 heterocycles. The fourth-order valence-corrected chi connectivity index (χ4v) is 10.1. The first-order valence-electron chi connectivity index (χ1n) is 29.2. The molecule has 1 saturated heterocycles. The SMILES string of the molecule is COC(=O)[C@@H]1[C@@H](NC(=O)CNC(=O)[C@@H](NC(=O)[C@H](CC(=O)O)NC(=O)[C@@H](NC(=O)[C@@H]2CCCN2C(=O)[C@@H](NC(=O)[C@@H](N)Cc2ccccc2)C(C)C)[C@@H](C)O)C(C)C)[C@H]1C(=O)N[C@@H](Cc1ccccc1)C(=O)N[C@@H](C)C(=O)N[C@@H](Cc1ccccc1)C(=O)O. The van der Waals surface area contributed by atoms with Crippen molar-refractivity contribution in [1.29, 1.82) is 0 Å². The van der Waals surface area contributed by atoms with E-state index in [1.165, 1.54) is 25.7 Å². The number of aliphatic hydroxyl groups is 1. The summed E-state index contributed by atoms with van der Waals surface area (Å²) in [7, 11) is 1.05. The number of carboxylic acid groups (broad SMARTS) is 2. The molecule has 14 N–H and O–H groups in total. The van der Waals surface area contributed by atoms with Crippen molar-refractivity contribution in [3.8, 4) is 0 Å². The van der Waals surface area contributed by atoms with Crippen LogP contribution in [0.15, 0.2) is 91.0 Å². The Hall–Kier alpha value is -9.31. The zero-order valence-corrected chi connectivity index (χ0v) is 50.6. The van der Waals surface area contributed by atoms with Crippen LogP contribution in [0.4, 0.5) is 0 Å². The third-order valence-electron chi connectivity index (χ3n) is 15.1. The number of ether oxygens (including phenoxy) is 1. The highest BCUT2D eigenvalue weighted by molar-refractivity contribution is 6.00. The van der Waals surface area contributed by atoms with Gasteiger partial charge in [-0.25, -0.2) is 4.79 Å². The van der Waals surface area contributed by atoms with Gasteiger partial charge in [-0.05, 0) is 61.6 Å². The predicted molar refractivity (Wildman–Crippen MR) is 318 cm³/mol. The Bertz CT molecular complexity index is 3030. The summed E-state index contributed by atoms with van der Waals surface area (Å²) in [6, 6.07) is 12.3. The van der Waals surface area contributed by atoms with Crippen molar-refractivity contribution in [2.75, 3.05) is 20.2 Å². The van der Waals surface area contributed by atoms with Crippen LogP contribution in [0, 0.1) is 23.7 Å². The smallest absolute Gasteiger partial charge is 0.326 e. The Morgan fingerprint density at radius 2 is 1.08 bits per heavy atom. The lowest BCUT2D eigenvalue weighted by Gasteiger charge is -2.32. The number of nitrogens with zero attached hydrogens (tertiary/aromatic N) is 1. The molecule has 2 aliphatic rings. The highest BCUT2D eigenvalue weighted by atomic mass is 16.5. The van der Waals surface area contributed by atoms with Gasteiger partial charge < -0.3 is 78.5 Å². The van der Waals surface area contributed by atoms with E-state index in [0.29, 0.717) is 17.5 Å². The van der Waals surface area contributed by atoms with E-state index in [0.717, 1.165) is 19.6 Å². The van der Waals surface area contributed by atoms with Gasteiger partial charge in [0.1, 0.15) is 48.3 Å². The molecule has 0 unspecified atom stereocenters. The maximum atomic E-state index is 14.0. The van der Waals surface area contributed by atoms with Gasteiger partial charge in [0.2, 0.25) is 59.1 Å². The number of amides is 10. The molecule has 10 amide bonds. The molecule has 0 radical (unpaired) electrons. The molecule has 5 rings (SSSR count). The molecule has 89 heavy (non-hydrogen) atoms. The minimum atomic E-state index is -1.92. The van der Waals surface area contributed by atoms with E-state index in [-0.39, 0.29) is 32.2 Å². The van der Waals surface area contributed by atoms with Crippen LogP contribution in [-0.2, 0) is 86.3 Å². The molecule has 1 saturated carbocycles.